The highest BCUT2D eigenvalue weighted by atomic mass is 32.1. The van der Waals surface area contributed by atoms with Crippen LogP contribution in [0.15, 0.2) is 16.8 Å². The van der Waals surface area contributed by atoms with Crippen LogP contribution in [-0.2, 0) is 4.74 Å². The largest absolute Gasteiger partial charge is 0.374 e. The fourth-order valence-electron chi connectivity index (χ4n) is 2.58. The summed E-state index contributed by atoms with van der Waals surface area (Å²) < 4.78 is 6.04. The van der Waals surface area contributed by atoms with Gasteiger partial charge in [-0.1, -0.05) is 6.92 Å². The third-order valence-corrected chi connectivity index (χ3v) is 4.44. The van der Waals surface area contributed by atoms with E-state index in [1.54, 1.807) is 11.3 Å². The first-order chi connectivity index (χ1) is 9.22. The van der Waals surface area contributed by atoms with Crippen molar-refractivity contribution in [2.24, 2.45) is 0 Å². The Kier molecular flexibility index (Phi) is 5.82. The molecule has 0 saturated carbocycles. The van der Waals surface area contributed by atoms with Crippen molar-refractivity contribution in [1.29, 1.82) is 0 Å². The Balaban J connectivity index is 2.05. The lowest BCUT2D eigenvalue weighted by molar-refractivity contribution is -0.0560. The highest BCUT2D eigenvalue weighted by Gasteiger charge is 2.29. The molecule has 2 atom stereocenters. The average Bonchev–Trinajstić information content (AvgIpc) is 2.93. The lowest BCUT2D eigenvalue weighted by Crippen LogP contribution is -2.50. The van der Waals surface area contributed by atoms with Gasteiger partial charge in [0, 0.05) is 19.1 Å². The number of hydrogen-bond acceptors (Lipinski definition) is 4. The van der Waals surface area contributed by atoms with Crippen LogP contribution in [0.3, 0.4) is 0 Å². The van der Waals surface area contributed by atoms with Gasteiger partial charge in [0.1, 0.15) is 0 Å². The molecule has 1 N–H and O–H groups in total. The summed E-state index contributed by atoms with van der Waals surface area (Å²) in [6, 6.07) is 3.14. The molecule has 2 unspecified atom stereocenters. The Bertz CT molecular complexity index is 353. The predicted molar refractivity (Wildman–Crippen MR) is 81.8 cm³/mol. The molecule has 2 heterocycles. The van der Waals surface area contributed by atoms with Gasteiger partial charge in [-0.05, 0) is 49.2 Å². The zero-order valence-electron chi connectivity index (χ0n) is 12.3. The molecule has 0 amide bonds. The van der Waals surface area contributed by atoms with Gasteiger partial charge >= 0.3 is 0 Å². The van der Waals surface area contributed by atoms with E-state index in [2.05, 4.69) is 47.8 Å². The molecule has 1 fully saturated rings. The third-order valence-electron chi connectivity index (χ3n) is 3.74. The maximum absolute atomic E-state index is 6.04. The molecule has 0 radical (unpaired) electrons. The van der Waals surface area contributed by atoms with Gasteiger partial charge in [0.25, 0.3) is 0 Å². The number of thiophene rings is 1. The predicted octanol–water partition coefficient (Wildman–Crippen LogP) is 2.90. The Morgan fingerprint density at radius 1 is 1.53 bits per heavy atom. The molecule has 1 aromatic rings. The van der Waals surface area contributed by atoms with Crippen molar-refractivity contribution >= 4 is 11.3 Å². The number of hydrogen-bond donors (Lipinski definition) is 1. The maximum atomic E-state index is 6.04. The minimum Gasteiger partial charge on any atom is -0.374 e. The standard InChI is InChI=1S/C15H26N2OS/c1-4-6-16-15(13-5-9-19-11-13)14-10-17(12(2)3)7-8-18-14/h5,9,11-12,14-16H,4,6-8,10H2,1-3H3. The van der Waals surface area contributed by atoms with Crippen LogP contribution in [0.1, 0.15) is 38.8 Å². The van der Waals surface area contributed by atoms with E-state index in [4.69, 9.17) is 4.74 Å². The summed E-state index contributed by atoms with van der Waals surface area (Å²) in [5.41, 5.74) is 1.37. The van der Waals surface area contributed by atoms with Crippen molar-refractivity contribution < 1.29 is 4.74 Å². The second kappa shape index (κ2) is 7.39. The topological polar surface area (TPSA) is 24.5 Å². The van der Waals surface area contributed by atoms with E-state index in [1.165, 1.54) is 5.56 Å². The summed E-state index contributed by atoms with van der Waals surface area (Å²) in [7, 11) is 0. The van der Waals surface area contributed by atoms with E-state index in [1.807, 2.05) is 0 Å². The van der Waals surface area contributed by atoms with Gasteiger partial charge in [-0.3, -0.25) is 4.90 Å². The molecule has 2 rings (SSSR count). The summed E-state index contributed by atoms with van der Waals surface area (Å²) in [5, 5.41) is 8.05. The van der Waals surface area contributed by atoms with Gasteiger partial charge < -0.3 is 10.1 Å². The fourth-order valence-corrected chi connectivity index (χ4v) is 3.28. The number of rotatable bonds is 6. The van der Waals surface area contributed by atoms with Gasteiger partial charge in [0.05, 0.1) is 18.8 Å². The highest BCUT2D eigenvalue weighted by molar-refractivity contribution is 7.07. The van der Waals surface area contributed by atoms with E-state index < -0.39 is 0 Å². The molecule has 0 bridgehead atoms. The molecule has 19 heavy (non-hydrogen) atoms. The van der Waals surface area contributed by atoms with Crippen molar-refractivity contribution in [2.45, 2.75) is 45.4 Å². The van der Waals surface area contributed by atoms with Crippen LogP contribution >= 0.6 is 11.3 Å². The van der Waals surface area contributed by atoms with E-state index in [-0.39, 0.29) is 6.10 Å². The molecule has 0 aliphatic carbocycles. The summed E-state index contributed by atoms with van der Waals surface area (Å²) >= 11 is 1.76. The first-order valence-electron chi connectivity index (χ1n) is 7.33. The molecular weight excluding hydrogens is 256 g/mol. The molecule has 108 valence electrons. The van der Waals surface area contributed by atoms with E-state index in [9.17, 15) is 0 Å². The summed E-state index contributed by atoms with van der Waals surface area (Å²) in [5.74, 6) is 0. The van der Waals surface area contributed by atoms with Gasteiger partial charge in [0.15, 0.2) is 0 Å². The van der Waals surface area contributed by atoms with Gasteiger partial charge in [-0.2, -0.15) is 11.3 Å². The number of nitrogens with zero attached hydrogens (tertiary/aromatic N) is 1. The molecule has 1 aromatic heterocycles. The SMILES string of the molecule is CCCNC(c1ccsc1)C1CN(C(C)C)CCO1. The van der Waals surface area contributed by atoms with Crippen LogP contribution in [0.25, 0.3) is 0 Å². The normalized spacial score (nSPS) is 22.8. The van der Waals surface area contributed by atoms with Gasteiger partial charge in [0.2, 0.25) is 0 Å². The second-order valence-electron chi connectivity index (χ2n) is 5.49. The van der Waals surface area contributed by atoms with Crippen molar-refractivity contribution in [3.63, 3.8) is 0 Å². The minimum absolute atomic E-state index is 0.261. The van der Waals surface area contributed by atoms with Crippen LogP contribution < -0.4 is 5.32 Å². The van der Waals surface area contributed by atoms with Crippen molar-refractivity contribution in [1.82, 2.24) is 10.2 Å². The van der Waals surface area contributed by atoms with Crippen molar-refractivity contribution in [2.75, 3.05) is 26.2 Å². The number of nitrogens with one attached hydrogen (secondary N) is 1. The molecule has 1 aliphatic heterocycles. The summed E-state index contributed by atoms with van der Waals surface area (Å²) in [4.78, 5) is 2.52. The smallest absolute Gasteiger partial charge is 0.0897 e. The quantitative estimate of drug-likeness (QED) is 0.868. The average molecular weight is 282 g/mol. The molecule has 4 heteroatoms. The van der Waals surface area contributed by atoms with E-state index in [0.717, 1.165) is 32.7 Å². The molecule has 1 aliphatic rings. The molecule has 3 nitrogen and oxygen atoms in total. The highest BCUT2D eigenvalue weighted by Crippen LogP contribution is 2.25. The van der Waals surface area contributed by atoms with Crippen LogP contribution in [0, 0.1) is 0 Å². The maximum Gasteiger partial charge on any atom is 0.0897 e. The molecule has 1 saturated heterocycles. The Morgan fingerprint density at radius 2 is 2.37 bits per heavy atom. The van der Waals surface area contributed by atoms with E-state index in [0.29, 0.717) is 12.1 Å². The molecule has 0 spiro atoms. The van der Waals surface area contributed by atoms with Crippen LogP contribution in [0.2, 0.25) is 0 Å². The van der Waals surface area contributed by atoms with Crippen LogP contribution in [0.5, 0.6) is 0 Å². The van der Waals surface area contributed by atoms with E-state index >= 15 is 0 Å². The number of morpholine rings is 1. The summed E-state index contributed by atoms with van der Waals surface area (Å²) in [6.07, 6.45) is 1.42. The first kappa shape index (κ1) is 15.0. The van der Waals surface area contributed by atoms with Crippen LogP contribution in [-0.4, -0.2) is 43.3 Å². The third kappa shape index (κ3) is 4.02. The van der Waals surface area contributed by atoms with Gasteiger partial charge in [-0.25, -0.2) is 0 Å². The van der Waals surface area contributed by atoms with Gasteiger partial charge in [-0.15, -0.1) is 0 Å². The Hall–Kier alpha value is -0.420. The zero-order chi connectivity index (χ0) is 13.7. The lowest BCUT2D eigenvalue weighted by Gasteiger charge is -2.39. The number of ether oxygens (including phenoxy) is 1. The Morgan fingerprint density at radius 3 is 3.00 bits per heavy atom. The second-order valence-corrected chi connectivity index (χ2v) is 6.27. The van der Waals surface area contributed by atoms with Crippen molar-refractivity contribution in [3.05, 3.63) is 22.4 Å². The lowest BCUT2D eigenvalue weighted by atomic mass is 10.0. The van der Waals surface area contributed by atoms with Crippen molar-refractivity contribution in [3.8, 4) is 0 Å². The first-order valence-corrected chi connectivity index (χ1v) is 8.27. The monoisotopic (exact) mass is 282 g/mol. The minimum atomic E-state index is 0.261. The Labute approximate surface area is 121 Å². The zero-order valence-corrected chi connectivity index (χ0v) is 13.1. The summed E-state index contributed by atoms with van der Waals surface area (Å²) in [6.45, 7) is 10.7. The fraction of sp³-hybridized carbons (Fsp3) is 0.733. The molecular formula is C15H26N2OS. The van der Waals surface area contributed by atoms with Crippen LogP contribution in [0.4, 0.5) is 0 Å². The molecule has 0 aromatic carbocycles.